The maximum atomic E-state index is 6.25. The van der Waals surface area contributed by atoms with Gasteiger partial charge in [0.15, 0.2) is 0 Å². The van der Waals surface area contributed by atoms with E-state index in [4.69, 9.17) is 10.5 Å². The molecule has 0 bridgehead atoms. The highest BCUT2D eigenvalue weighted by Crippen LogP contribution is 2.26. The predicted octanol–water partition coefficient (Wildman–Crippen LogP) is 4.23. The Bertz CT molecular complexity index is 387. The molecule has 0 heterocycles. The molecule has 0 aliphatic heterocycles. The average molecular weight is 275 g/mol. The number of ether oxygens (including phenoxy) is 1. The van der Waals surface area contributed by atoms with Gasteiger partial charge in [0.25, 0.3) is 0 Å². The molecule has 0 amide bonds. The number of benzene rings is 1. The van der Waals surface area contributed by atoms with Crippen LogP contribution in [0.2, 0.25) is 0 Å². The Morgan fingerprint density at radius 2 is 2.00 bits per heavy atom. The monoisotopic (exact) mass is 275 g/mol. The minimum atomic E-state index is 0.00269. The van der Waals surface area contributed by atoms with Gasteiger partial charge in [0, 0.05) is 0 Å². The van der Waals surface area contributed by atoms with E-state index in [-0.39, 0.29) is 6.04 Å². The molecule has 1 saturated carbocycles. The standard InChI is InChI=1S/C18H29NO/c1-3-5-15-8-10-16(11-9-15)18(19)13-20-17-7-4-6-14(2)12-17/h8-11,14,17-18H,3-7,12-13,19H2,1-2H3. The number of hydrogen-bond acceptors (Lipinski definition) is 2. The highest BCUT2D eigenvalue weighted by molar-refractivity contribution is 5.25. The summed E-state index contributed by atoms with van der Waals surface area (Å²) in [7, 11) is 0. The molecular formula is C18H29NO. The molecule has 0 spiro atoms. The molecule has 2 heteroatoms. The van der Waals surface area contributed by atoms with E-state index in [9.17, 15) is 0 Å². The third kappa shape index (κ3) is 4.60. The quantitative estimate of drug-likeness (QED) is 0.843. The highest BCUT2D eigenvalue weighted by Gasteiger charge is 2.20. The van der Waals surface area contributed by atoms with Crippen molar-refractivity contribution in [2.45, 2.75) is 64.5 Å². The molecule has 1 aromatic rings. The predicted molar refractivity (Wildman–Crippen MR) is 84.7 cm³/mol. The molecule has 3 unspecified atom stereocenters. The molecule has 0 radical (unpaired) electrons. The van der Waals surface area contributed by atoms with Gasteiger partial charge in [0.1, 0.15) is 0 Å². The van der Waals surface area contributed by atoms with E-state index in [2.05, 4.69) is 38.1 Å². The first-order chi connectivity index (χ1) is 9.69. The van der Waals surface area contributed by atoms with Crippen molar-refractivity contribution >= 4 is 0 Å². The Morgan fingerprint density at radius 1 is 1.25 bits per heavy atom. The van der Waals surface area contributed by atoms with Crippen molar-refractivity contribution in [3.05, 3.63) is 35.4 Å². The molecule has 1 aliphatic carbocycles. The van der Waals surface area contributed by atoms with E-state index in [0.29, 0.717) is 12.7 Å². The van der Waals surface area contributed by atoms with Crippen molar-refractivity contribution in [1.29, 1.82) is 0 Å². The van der Waals surface area contributed by atoms with Crippen molar-refractivity contribution in [3.63, 3.8) is 0 Å². The fourth-order valence-corrected chi connectivity index (χ4v) is 3.09. The summed E-state index contributed by atoms with van der Waals surface area (Å²) in [6.07, 6.45) is 7.80. The van der Waals surface area contributed by atoms with E-state index >= 15 is 0 Å². The van der Waals surface area contributed by atoms with E-state index in [1.165, 1.54) is 43.2 Å². The molecule has 0 aromatic heterocycles. The molecule has 1 fully saturated rings. The molecule has 1 aromatic carbocycles. The minimum absolute atomic E-state index is 0.00269. The summed E-state index contributed by atoms with van der Waals surface area (Å²) in [6, 6.07) is 8.70. The lowest BCUT2D eigenvalue weighted by Crippen LogP contribution is -2.26. The molecule has 20 heavy (non-hydrogen) atoms. The van der Waals surface area contributed by atoms with Crippen molar-refractivity contribution in [2.24, 2.45) is 11.7 Å². The summed E-state index contributed by atoms with van der Waals surface area (Å²) >= 11 is 0. The van der Waals surface area contributed by atoms with Gasteiger partial charge in [-0.3, -0.25) is 0 Å². The Hall–Kier alpha value is -0.860. The number of hydrogen-bond donors (Lipinski definition) is 1. The Labute approximate surface area is 123 Å². The van der Waals surface area contributed by atoms with E-state index in [1.807, 2.05) is 0 Å². The number of aryl methyl sites for hydroxylation is 1. The zero-order chi connectivity index (χ0) is 14.4. The summed E-state index contributed by atoms with van der Waals surface area (Å²) in [4.78, 5) is 0. The van der Waals surface area contributed by atoms with Crippen LogP contribution in [0.3, 0.4) is 0 Å². The van der Waals surface area contributed by atoms with Crippen LogP contribution in [0.1, 0.15) is 63.1 Å². The Balaban J connectivity index is 1.80. The fraction of sp³-hybridized carbons (Fsp3) is 0.667. The molecule has 2 N–H and O–H groups in total. The van der Waals surface area contributed by atoms with Crippen LogP contribution in [0.25, 0.3) is 0 Å². The van der Waals surface area contributed by atoms with Crippen LogP contribution in [0.5, 0.6) is 0 Å². The zero-order valence-corrected chi connectivity index (χ0v) is 13.0. The van der Waals surface area contributed by atoms with Crippen LogP contribution in [0.15, 0.2) is 24.3 Å². The van der Waals surface area contributed by atoms with Gasteiger partial charge < -0.3 is 10.5 Å². The largest absolute Gasteiger partial charge is 0.376 e. The lowest BCUT2D eigenvalue weighted by molar-refractivity contribution is 0.00851. The third-order valence-corrected chi connectivity index (χ3v) is 4.35. The fourth-order valence-electron chi connectivity index (χ4n) is 3.09. The second kappa shape index (κ2) is 7.80. The van der Waals surface area contributed by atoms with Gasteiger partial charge in [-0.1, -0.05) is 57.4 Å². The van der Waals surface area contributed by atoms with Crippen molar-refractivity contribution in [3.8, 4) is 0 Å². The van der Waals surface area contributed by atoms with E-state index in [0.717, 1.165) is 12.3 Å². The van der Waals surface area contributed by atoms with Gasteiger partial charge in [-0.2, -0.15) is 0 Å². The van der Waals surface area contributed by atoms with Crippen LogP contribution in [-0.4, -0.2) is 12.7 Å². The lowest BCUT2D eigenvalue weighted by Gasteiger charge is -2.28. The van der Waals surface area contributed by atoms with Crippen molar-refractivity contribution < 1.29 is 4.74 Å². The average Bonchev–Trinajstić information content (AvgIpc) is 2.46. The first-order valence-electron chi connectivity index (χ1n) is 8.15. The normalized spacial score (nSPS) is 24.6. The van der Waals surface area contributed by atoms with Crippen LogP contribution in [0.4, 0.5) is 0 Å². The molecular weight excluding hydrogens is 246 g/mol. The van der Waals surface area contributed by atoms with Crippen LogP contribution < -0.4 is 5.73 Å². The van der Waals surface area contributed by atoms with Crippen molar-refractivity contribution in [1.82, 2.24) is 0 Å². The molecule has 3 atom stereocenters. The van der Waals surface area contributed by atoms with Gasteiger partial charge in [0.05, 0.1) is 18.8 Å². The molecule has 1 aliphatic rings. The maximum Gasteiger partial charge on any atom is 0.0663 e. The molecule has 2 rings (SSSR count). The van der Waals surface area contributed by atoms with Gasteiger partial charge >= 0.3 is 0 Å². The summed E-state index contributed by atoms with van der Waals surface area (Å²) in [5, 5.41) is 0. The Morgan fingerprint density at radius 3 is 2.65 bits per heavy atom. The summed E-state index contributed by atoms with van der Waals surface area (Å²) < 4.78 is 6.02. The Kier molecular flexibility index (Phi) is 6.06. The zero-order valence-electron chi connectivity index (χ0n) is 13.0. The summed E-state index contributed by atoms with van der Waals surface area (Å²) in [5.41, 5.74) is 8.83. The maximum absolute atomic E-state index is 6.25. The lowest BCUT2D eigenvalue weighted by atomic mass is 9.89. The number of rotatable bonds is 6. The SMILES string of the molecule is CCCc1ccc(C(N)COC2CCCC(C)C2)cc1. The second-order valence-corrected chi connectivity index (χ2v) is 6.33. The van der Waals surface area contributed by atoms with Crippen LogP contribution in [0, 0.1) is 5.92 Å². The topological polar surface area (TPSA) is 35.2 Å². The number of nitrogens with two attached hydrogens (primary N) is 1. The van der Waals surface area contributed by atoms with E-state index in [1.54, 1.807) is 0 Å². The van der Waals surface area contributed by atoms with Gasteiger partial charge in [0.2, 0.25) is 0 Å². The minimum Gasteiger partial charge on any atom is -0.376 e. The van der Waals surface area contributed by atoms with E-state index < -0.39 is 0 Å². The highest BCUT2D eigenvalue weighted by atomic mass is 16.5. The van der Waals surface area contributed by atoms with Gasteiger partial charge in [-0.15, -0.1) is 0 Å². The van der Waals surface area contributed by atoms with Crippen LogP contribution in [-0.2, 0) is 11.2 Å². The third-order valence-electron chi connectivity index (χ3n) is 4.35. The van der Waals surface area contributed by atoms with Gasteiger partial charge in [-0.25, -0.2) is 0 Å². The second-order valence-electron chi connectivity index (χ2n) is 6.33. The molecule has 112 valence electrons. The smallest absolute Gasteiger partial charge is 0.0663 e. The molecule has 2 nitrogen and oxygen atoms in total. The first-order valence-corrected chi connectivity index (χ1v) is 8.15. The summed E-state index contributed by atoms with van der Waals surface area (Å²) in [5.74, 6) is 0.804. The van der Waals surface area contributed by atoms with Gasteiger partial charge in [-0.05, 0) is 36.3 Å². The first kappa shape index (κ1) is 15.5. The summed E-state index contributed by atoms with van der Waals surface area (Å²) in [6.45, 7) is 5.17. The molecule has 0 saturated heterocycles. The van der Waals surface area contributed by atoms with Crippen molar-refractivity contribution in [2.75, 3.05) is 6.61 Å². The van der Waals surface area contributed by atoms with Crippen LogP contribution >= 0.6 is 0 Å².